The van der Waals surface area contributed by atoms with E-state index in [2.05, 4.69) is 26.5 Å². The molecule has 3 rings (SSSR count). The van der Waals surface area contributed by atoms with Gasteiger partial charge in [-0.1, -0.05) is 19.3 Å². The van der Waals surface area contributed by atoms with Gasteiger partial charge in [0, 0.05) is 32.2 Å². The van der Waals surface area contributed by atoms with E-state index in [9.17, 15) is 14.9 Å². The first-order chi connectivity index (χ1) is 12.5. The van der Waals surface area contributed by atoms with E-state index in [-0.39, 0.29) is 17.9 Å². The number of piperazine rings is 1. The first-order valence-corrected chi connectivity index (χ1v) is 10.0. The lowest BCUT2D eigenvalue weighted by Crippen LogP contribution is -2.58. The van der Waals surface area contributed by atoms with Gasteiger partial charge in [0.05, 0.1) is 18.7 Å². The number of rotatable bonds is 6. The summed E-state index contributed by atoms with van der Waals surface area (Å²) in [5.41, 5.74) is -0.674. The monoisotopic (exact) mass is 361 g/mol. The van der Waals surface area contributed by atoms with Gasteiger partial charge in [0.1, 0.15) is 5.54 Å². The lowest BCUT2D eigenvalue weighted by atomic mass is 9.82. The molecule has 1 aliphatic heterocycles. The standard InChI is InChI=1S/C19H31N5O2/c1-15(18(26)22-19(14-20)7-3-2-4-8-19)24-11-9-23(10-12-24)13-17(25)21-16-5-6-16/h15-16H,2-13H2,1H3,(H,21,25)(H,22,26). The first kappa shape index (κ1) is 19.1. The molecular formula is C19H31N5O2. The predicted octanol–water partition coefficient (Wildman–Crippen LogP) is 0.614. The maximum atomic E-state index is 12.7. The Bertz CT molecular complexity index is 555. The molecule has 26 heavy (non-hydrogen) atoms. The normalized spacial score (nSPS) is 25.1. The van der Waals surface area contributed by atoms with Crippen molar-refractivity contribution < 1.29 is 9.59 Å². The predicted molar refractivity (Wildman–Crippen MR) is 98.2 cm³/mol. The minimum absolute atomic E-state index is 0.0478. The molecule has 7 heteroatoms. The molecule has 0 spiro atoms. The van der Waals surface area contributed by atoms with Crippen molar-refractivity contribution in [2.45, 2.75) is 69.5 Å². The number of hydrogen-bond donors (Lipinski definition) is 2. The Morgan fingerprint density at radius 3 is 2.38 bits per heavy atom. The second kappa shape index (κ2) is 8.36. The zero-order valence-electron chi connectivity index (χ0n) is 15.8. The molecule has 144 valence electrons. The largest absolute Gasteiger partial charge is 0.352 e. The number of nitrogens with one attached hydrogen (secondary N) is 2. The highest BCUT2D eigenvalue weighted by molar-refractivity contribution is 5.82. The molecular weight excluding hydrogens is 330 g/mol. The topological polar surface area (TPSA) is 88.5 Å². The average molecular weight is 361 g/mol. The number of carbonyl (C=O) groups is 2. The average Bonchev–Trinajstić information content (AvgIpc) is 3.46. The quantitative estimate of drug-likeness (QED) is 0.724. The van der Waals surface area contributed by atoms with E-state index >= 15 is 0 Å². The second-order valence-electron chi connectivity index (χ2n) is 8.07. The highest BCUT2D eigenvalue weighted by Crippen LogP contribution is 2.27. The Morgan fingerprint density at radius 2 is 1.81 bits per heavy atom. The Morgan fingerprint density at radius 1 is 1.15 bits per heavy atom. The molecule has 0 radical (unpaired) electrons. The van der Waals surface area contributed by atoms with Gasteiger partial charge in [-0.05, 0) is 32.6 Å². The van der Waals surface area contributed by atoms with Crippen molar-refractivity contribution in [1.82, 2.24) is 20.4 Å². The van der Waals surface area contributed by atoms with Crippen LogP contribution in [0.25, 0.3) is 0 Å². The van der Waals surface area contributed by atoms with E-state index in [1.54, 1.807) is 0 Å². The molecule has 2 amide bonds. The SMILES string of the molecule is CC(C(=O)NC1(C#N)CCCCC1)N1CCN(CC(=O)NC2CC2)CC1. The Hall–Kier alpha value is -1.65. The molecule has 1 unspecified atom stereocenters. The van der Waals surface area contributed by atoms with E-state index in [0.717, 1.165) is 71.1 Å². The second-order valence-corrected chi connectivity index (χ2v) is 8.07. The fourth-order valence-corrected chi connectivity index (χ4v) is 3.94. The highest BCUT2D eigenvalue weighted by Gasteiger charge is 2.36. The number of amides is 2. The molecule has 0 aromatic rings. The van der Waals surface area contributed by atoms with E-state index < -0.39 is 5.54 Å². The van der Waals surface area contributed by atoms with Gasteiger partial charge in [-0.25, -0.2) is 0 Å². The van der Waals surface area contributed by atoms with Crippen molar-refractivity contribution in [2.75, 3.05) is 32.7 Å². The van der Waals surface area contributed by atoms with Crippen molar-refractivity contribution in [2.24, 2.45) is 0 Å². The maximum Gasteiger partial charge on any atom is 0.238 e. The molecule has 0 aromatic heterocycles. The Balaban J connectivity index is 1.43. The van der Waals surface area contributed by atoms with Crippen LogP contribution in [0.2, 0.25) is 0 Å². The zero-order chi connectivity index (χ0) is 18.6. The van der Waals surface area contributed by atoms with Crippen LogP contribution in [0.1, 0.15) is 51.9 Å². The lowest BCUT2D eigenvalue weighted by Gasteiger charge is -2.39. The van der Waals surface area contributed by atoms with Crippen molar-refractivity contribution in [1.29, 1.82) is 5.26 Å². The van der Waals surface area contributed by atoms with Crippen LogP contribution in [-0.4, -0.2) is 72.0 Å². The van der Waals surface area contributed by atoms with Crippen LogP contribution in [0.5, 0.6) is 0 Å². The third-order valence-electron chi connectivity index (χ3n) is 5.93. The summed E-state index contributed by atoms with van der Waals surface area (Å²) in [5.74, 6) is 0.0633. The van der Waals surface area contributed by atoms with Crippen LogP contribution in [-0.2, 0) is 9.59 Å². The van der Waals surface area contributed by atoms with Crippen LogP contribution in [0.15, 0.2) is 0 Å². The molecule has 7 nitrogen and oxygen atoms in total. The smallest absolute Gasteiger partial charge is 0.238 e. The van der Waals surface area contributed by atoms with Gasteiger partial charge in [-0.2, -0.15) is 5.26 Å². The molecule has 0 bridgehead atoms. The van der Waals surface area contributed by atoms with E-state index in [1.165, 1.54) is 0 Å². The van der Waals surface area contributed by atoms with Crippen molar-refractivity contribution in [3.8, 4) is 6.07 Å². The van der Waals surface area contributed by atoms with Crippen molar-refractivity contribution in [3.05, 3.63) is 0 Å². The van der Waals surface area contributed by atoms with Gasteiger partial charge >= 0.3 is 0 Å². The molecule has 0 aromatic carbocycles. The lowest BCUT2D eigenvalue weighted by molar-refractivity contribution is -0.129. The number of nitrogens with zero attached hydrogens (tertiary/aromatic N) is 3. The molecule has 1 atom stereocenters. The van der Waals surface area contributed by atoms with Gasteiger partial charge in [0.2, 0.25) is 11.8 Å². The Labute approximate surface area is 156 Å². The van der Waals surface area contributed by atoms with Gasteiger partial charge < -0.3 is 10.6 Å². The third kappa shape index (κ3) is 4.95. The molecule has 2 aliphatic carbocycles. The minimum Gasteiger partial charge on any atom is -0.352 e. The molecule has 3 aliphatic rings. The first-order valence-electron chi connectivity index (χ1n) is 10.0. The van der Waals surface area contributed by atoms with E-state index in [4.69, 9.17) is 0 Å². The number of nitriles is 1. The minimum atomic E-state index is -0.674. The van der Waals surface area contributed by atoms with Crippen LogP contribution >= 0.6 is 0 Å². The van der Waals surface area contributed by atoms with Crippen LogP contribution in [0.3, 0.4) is 0 Å². The molecule has 2 N–H and O–H groups in total. The van der Waals surface area contributed by atoms with Gasteiger partial charge in [-0.3, -0.25) is 19.4 Å². The Kier molecular flexibility index (Phi) is 6.15. The maximum absolute atomic E-state index is 12.7. The van der Waals surface area contributed by atoms with Gasteiger partial charge in [0.15, 0.2) is 0 Å². The molecule has 1 heterocycles. The summed E-state index contributed by atoms with van der Waals surface area (Å²) in [6.45, 7) is 5.48. The summed E-state index contributed by atoms with van der Waals surface area (Å²) in [6.07, 6.45) is 6.88. The van der Waals surface area contributed by atoms with E-state index in [1.807, 2.05) is 6.92 Å². The van der Waals surface area contributed by atoms with Crippen LogP contribution in [0.4, 0.5) is 0 Å². The fourth-order valence-electron chi connectivity index (χ4n) is 3.94. The molecule has 2 saturated carbocycles. The summed E-state index contributed by atoms with van der Waals surface area (Å²) >= 11 is 0. The summed E-state index contributed by atoms with van der Waals surface area (Å²) in [4.78, 5) is 28.9. The van der Waals surface area contributed by atoms with Crippen molar-refractivity contribution in [3.63, 3.8) is 0 Å². The summed E-state index contributed by atoms with van der Waals surface area (Å²) in [5, 5.41) is 15.6. The fraction of sp³-hybridized carbons (Fsp3) is 0.842. The van der Waals surface area contributed by atoms with Gasteiger partial charge in [0.25, 0.3) is 0 Å². The summed E-state index contributed by atoms with van der Waals surface area (Å²) in [6, 6.07) is 2.51. The van der Waals surface area contributed by atoms with E-state index in [0.29, 0.717) is 12.6 Å². The van der Waals surface area contributed by atoms with Crippen molar-refractivity contribution >= 4 is 11.8 Å². The molecule has 1 saturated heterocycles. The number of hydrogen-bond acceptors (Lipinski definition) is 5. The van der Waals surface area contributed by atoms with Gasteiger partial charge in [-0.15, -0.1) is 0 Å². The third-order valence-corrected chi connectivity index (χ3v) is 5.93. The summed E-state index contributed by atoms with van der Waals surface area (Å²) < 4.78 is 0. The highest BCUT2D eigenvalue weighted by atomic mass is 16.2. The summed E-state index contributed by atoms with van der Waals surface area (Å²) in [7, 11) is 0. The van der Waals surface area contributed by atoms with Crippen LogP contribution in [0, 0.1) is 11.3 Å². The molecule has 3 fully saturated rings. The zero-order valence-corrected chi connectivity index (χ0v) is 15.8. The number of carbonyl (C=O) groups excluding carboxylic acids is 2. The van der Waals surface area contributed by atoms with Crippen LogP contribution < -0.4 is 10.6 Å².